The van der Waals surface area contributed by atoms with Crippen molar-refractivity contribution in [1.82, 2.24) is 9.97 Å². The number of ether oxygens (including phenoxy) is 2. The molecule has 2 aliphatic heterocycles. The molecule has 126 valence electrons. The highest BCUT2D eigenvalue weighted by atomic mass is 32.1. The molecule has 1 fully saturated rings. The molecule has 0 bridgehead atoms. The van der Waals surface area contributed by atoms with E-state index in [2.05, 4.69) is 26.3 Å². The van der Waals surface area contributed by atoms with Crippen molar-refractivity contribution in [2.24, 2.45) is 0 Å². The third-order valence-electron chi connectivity index (χ3n) is 4.89. The van der Waals surface area contributed by atoms with Crippen LogP contribution >= 0.6 is 11.3 Å². The van der Waals surface area contributed by atoms with Crippen LogP contribution in [-0.4, -0.2) is 42.7 Å². The number of nitrogens with zero attached hydrogens (tertiary/aromatic N) is 3. The Labute approximate surface area is 144 Å². The molecule has 2 aromatic heterocycles. The van der Waals surface area contributed by atoms with Gasteiger partial charge in [-0.05, 0) is 29.9 Å². The first-order chi connectivity index (χ1) is 11.7. The van der Waals surface area contributed by atoms with Crippen molar-refractivity contribution in [2.75, 3.05) is 31.7 Å². The second kappa shape index (κ2) is 6.14. The van der Waals surface area contributed by atoms with E-state index in [-0.39, 0.29) is 11.3 Å². The number of anilines is 1. The van der Waals surface area contributed by atoms with E-state index in [1.54, 1.807) is 6.07 Å². The number of piperidine rings is 1. The van der Waals surface area contributed by atoms with Crippen LogP contribution in [0.5, 0.6) is 0 Å². The monoisotopic (exact) mass is 345 g/mol. The maximum atomic E-state index is 11.6. The zero-order valence-electron chi connectivity index (χ0n) is 13.5. The number of fused-ring (bicyclic) bond motifs is 2. The Morgan fingerprint density at radius 3 is 3.00 bits per heavy atom. The van der Waals surface area contributed by atoms with E-state index in [0.717, 1.165) is 44.8 Å². The average molecular weight is 345 g/mol. The molecule has 2 aliphatic rings. The van der Waals surface area contributed by atoms with Gasteiger partial charge in [0.15, 0.2) is 5.69 Å². The van der Waals surface area contributed by atoms with Gasteiger partial charge < -0.3 is 14.4 Å². The number of carbonyl (C=O) groups is 1. The summed E-state index contributed by atoms with van der Waals surface area (Å²) in [5.74, 6) is 0.326. The summed E-state index contributed by atoms with van der Waals surface area (Å²) in [7, 11) is 1.35. The minimum Gasteiger partial charge on any atom is -0.464 e. The summed E-state index contributed by atoms with van der Waals surface area (Å²) in [6, 6.07) is 3.91. The largest absolute Gasteiger partial charge is 0.464 e. The van der Waals surface area contributed by atoms with Crippen molar-refractivity contribution in [3.8, 4) is 0 Å². The highest BCUT2D eigenvalue weighted by Crippen LogP contribution is 2.43. The Balaban J connectivity index is 1.53. The quantitative estimate of drug-likeness (QED) is 0.779. The molecule has 24 heavy (non-hydrogen) atoms. The van der Waals surface area contributed by atoms with Gasteiger partial charge in [0.25, 0.3) is 0 Å². The van der Waals surface area contributed by atoms with Crippen LogP contribution in [0.4, 0.5) is 5.82 Å². The van der Waals surface area contributed by atoms with Gasteiger partial charge in [-0.1, -0.05) is 0 Å². The minimum absolute atomic E-state index is 0.151. The number of esters is 1. The highest BCUT2D eigenvalue weighted by molar-refractivity contribution is 7.10. The van der Waals surface area contributed by atoms with Crippen molar-refractivity contribution in [3.05, 3.63) is 40.0 Å². The lowest BCUT2D eigenvalue weighted by Crippen LogP contribution is -2.46. The lowest BCUT2D eigenvalue weighted by molar-refractivity contribution is -0.0757. The summed E-state index contributed by atoms with van der Waals surface area (Å²) in [6.07, 6.45) is 4.29. The van der Waals surface area contributed by atoms with Crippen LogP contribution in [0.15, 0.2) is 23.8 Å². The van der Waals surface area contributed by atoms with Gasteiger partial charge in [-0.15, -0.1) is 11.3 Å². The fourth-order valence-corrected chi connectivity index (χ4v) is 4.55. The lowest BCUT2D eigenvalue weighted by Gasteiger charge is -2.44. The Morgan fingerprint density at radius 1 is 1.38 bits per heavy atom. The Bertz CT molecular complexity index is 753. The van der Waals surface area contributed by atoms with Crippen molar-refractivity contribution in [2.45, 2.75) is 24.9 Å². The molecular weight excluding hydrogens is 326 g/mol. The smallest absolute Gasteiger partial charge is 0.356 e. The normalized spacial score (nSPS) is 19.1. The Morgan fingerprint density at radius 2 is 2.21 bits per heavy atom. The van der Waals surface area contributed by atoms with Gasteiger partial charge in [0.05, 0.1) is 19.3 Å². The molecule has 0 N–H and O–H groups in total. The van der Waals surface area contributed by atoms with Crippen molar-refractivity contribution in [1.29, 1.82) is 0 Å². The van der Waals surface area contributed by atoms with Crippen LogP contribution in [-0.2, 0) is 21.5 Å². The number of aromatic nitrogens is 2. The standard InChI is InChI=1S/C17H19N3O3S/c1-22-16(21)13-10-15(19-11-18-13)20-6-4-17(5-7-20)12-3-9-24-14(12)2-8-23-17/h3,9-11H,2,4-8H2,1H3. The molecule has 4 heterocycles. The molecule has 4 rings (SSSR count). The predicted octanol–water partition coefficient (Wildman–Crippen LogP) is 2.39. The lowest BCUT2D eigenvalue weighted by atomic mass is 9.82. The SMILES string of the molecule is COC(=O)c1cc(N2CCC3(CC2)OCCc2sccc23)ncn1. The summed E-state index contributed by atoms with van der Waals surface area (Å²) < 4.78 is 11.0. The molecular formula is C17H19N3O3S. The first-order valence-electron chi connectivity index (χ1n) is 8.08. The van der Waals surface area contributed by atoms with E-state index in [1.807, 2.05) is 11.3 Å². The van der Waals surface area contributed by atoms with E-state index in [1.165, 1.54) is 23.9 Å². The number of thiophene rings is 1. The number of hydrogen-bond donors (Lipinski definition) is 0. The predicted molar refractivity (Wildman–Crippen MR) is 90.5 cm³/mol. The topological polar surface area (TPSA) is 64.5 Å². The van der Waals surface area contributed by atoms with Crippen LogP contribution in [0, 0.1) is 0 Å². The fourth-order valence-electron chi connectivity index (χ4n) is 3.60. The van der Waals surface area contributed by atoms with Crippen LogP contribution in [0.3, 0.4) is 0 Å². The summed E-state index contributed by atoms with van der Waals surface area (Å²) >= 11 is 1.83. The average Bonchev–Trinajstić information content (AvgIpc) is 3.12. The van der Waals surface area contributed by atoms with E-state index in [4.69, 9.17) is 9.47 Å². The van der Waals surface area contributed by atoms with Gasteiger partial charge in [0.2, 0.25) is 0 Å². The second-order valence-corrected chi connectivity index (χ2v) is 7.09. The van der Waals surface area contributed by atoms with Crippen molar-refractivity contribution in [3.63, 3.8) is 0 Å². The first kappa shape index (κ1) is 15.5. The third-order valence-corrected chi connectivity index (χ3v) is 5.87. The molecule has 6 nitrogen and oxygen atoms in total. The van der Waals surface area contributed by atoms with Gasteiger partial charge in [-0.3, -0.25) is 0 Å². The highest BCUT2D eigenvalue weighted by Gasteiger charge is 2.41. The molecule has 0 aliphatic carbocycles. The van der Waals surface area contributed by atoms with E-state index in [9.17, 15) is 4.79 Å². The summed E-state index contributed by atoms with van der Waals surface area (Å²) in [5, 5.41) is 2.17. The van der Waals surface area contributed by atoms with E-state index < -0.39 is 5.97 Å². The minimum atomic E-state index is -0.439. The Hall–Kier alpha value is -1.99. The molecule has 0 amide bonds. The molecule has 0 unspecified atom stereocenters. The summed E-state index contributed by atoms with van der Waals surface area (Å²) in [4.78, 5) is 23.6. The fraction of sp³-hybridized carbons (Fsp3) is 0.471. The Kier molecular flexibility index (Phi) is 3.97. The van der Waals surface area contributed by atoms with E-state index in [0.29, 0.717) is 0 Å². The first-order valence-corrected chi connectivity index (χ1v) is 8.96. The molecule has 0 saturated carbocycles. The third kappa shape index (κ3) is 2.57. The summed E-state index contributed by atoms with van der Waals surface area (Å²) in [5.41, 5.74) is 1.51. The number of carbonyl (C=O) groups excluding carboxylic acids is 1. The zero-order valence-corrected chi connectivity index (χ0v) is 14.3. The van der Waals surface area contributed by atoms with Gasteiger partial charge in [0.1, 0.15) is 12.1 Å². The molecule has 2 aromatic rings. The molecule has 0 aromatic carbocycles. The maximum absolute atomic E-state index is 11.6. The zero-order chi connectivity index (χ0) is 16.6. The van der Waals surface area contributed by atoms with E-state index >= 15 is 0 Å². The van der Waals surface area contributed by atoms with Gasteiger partial charge >= 0.3 is 5.97 Å². The van der Waals surface area contributed by atoms with Crippen molar-refractivity contribution < 1.29 is 14.3 Å². The molecule has 1 spiro atoms. The van der Waals surface area contributed by atoms with Crippen LogP contribution in [0.25, 0.3) is 0 Å². The number of rotatable bonds is 2. The van der Waals surface area contributed by atoms with Crippen LogP contribution < -0.4 is 4.90 Å². The second-order valence-electron chi connectivity index (χ2n) is 6.09. The number of hydrogen-bond acceptors (Lipinski definition) is 7. The van der Waals surface area contributed by atoms with Gasteiger partial charge in [0, 0.05) is 30.5 Å². The maximum Gasteiger partial charge on any atom is 0.356 e. The van der Waals surface area contributed by atoms with Gasteiger partial charge in [-0.2, -0.15) is 0 Å². The molecule has 0 radical (unpaired) electrons. The molecule has 7 heteroatoms. The molecule has 1 saturated heterocycles. The van der Waals surface area contributed by atoms with Crippen molar-refractivity contribution >= 4 is 23.1 Å². The van der Waals surface area contributed by atoms with Gasteiger partial charge in [-0.25, -0.2) is 14.8 Å². The molecule has 0 atom stereocenters. The van der Waals surface area contributed by atoms with Crippen LogP contribution in [0.2, 0.25) is 0 Å². The van der Waals surface area contributed by atoms with Crippen LogP contribution in [0.1, 0.15) is 33.8 Å². The summed E-state index contributed by atoms with van der Waals surface area (Å²) in [6.45, 7) is 2.48. The number of methoxy groups -OCH3 is 1.